The van der Waals surface area contributed by atoms with Crippen molar-refractivity contribution < 1.29 is 17.7 Å². The fourth-order valence-electron chi connectivity index (χ4n) is 5.03. The van der Waals surface area contributed by atoms with E-state index in [0.29, 0.717) is 18.7 Å². The summed E-state index contributed by atoms with van der Waals surface area (Å²) in [5.74, 6) is 0.317. The molecule has 1 saturated heterocycles. The van der Waals surface area contributed by atoms with E-state index >= 15 is 0 Å². The van der Waals surface area contributed by atoms with Crippen LogP contribution < -0.4 is 4.90 Å². The smallest absolute Gasteiger partial charge is 0.276 e. The van der Waals surface area contributed by atoms with E-state index < -0.39 is 9.84 Å². The van der Waals surface area contributed by atoms with Gasteiger partial charge in [0, 0.05) is 44.0 Å². The summed E-state index contributed by atoms with van der Waals surface area (Å²) in [5.41, 5.74) is 5.81. The third-order valence-electron chi connectivity index (χ3n) is 7.08. The molecule has 2 heterocycles. The first-order chi connectivity index (χ1) is 16.8. The molecule has 1 amide bonds. The van der Waals surface area contributed by atoms with Crippen molar-refractivity contribution in [3.8, 4) is 11.3 Å². The molecule has 0 bridgehead atoms. The monoisotopic (exact) mass is 493 g/mol. The van der Waals surface area contributed by atoms with Crippen LogP contribution in [0.4, 0.5) is 5.69 Å². The first-order valence-electron chi connectivity index (χ1n) is 12.2. The second-order valence-electron chi connectivity index (χ2n) is 9.82. The van der Waals surface area contributed by atoms with Crippen LogP contribution in [0.3, 0.4) is 0 Å². The summed E-state index contributed by atoms with van der Waals surface area (Å²) >= 11 is 0. The van der Waals surface area contributed by atoms with Gasteiger partial charge >= 0.3 is 0 Å². The van der Waals surface area contributed by atoms with Gasteiger partial charge in [-0.05, 0) is 67.0 Å². The van der Waals surface area contributed by atoms with E-state index in [2.05, 4.69) is 17.3 Å². The Hall–Kier alpha value is -3.13. The van der Waals surface area contributed by atoms with Gasteiger partial charge in [0.15, 0.2) is 21.3 Å². The number of amides is 1. The van der Waals surface area contributed by atoms with E-state index in [0.717, 1.165) is 29.7 Å². The number of aryl methyl sites for hydroxylation is 2. The summed E-state index contributed by atoms with van der Waals surface area (Å²) in [6.45, 7) is 0.313. The maximum atomic E-state index is 13.6. The highest BCUT2D eigenvalue weighted by Crippen LogP contribution is 2.29. The predicted octanol–water partition coefficient (Wildman–Crippen LogP) is 4.12. The largest absolute Gasteiger partial charge is 0.378 e. The van der Waals surface area contributed by atoms with Crippen LogP contribution >= 0.6 is 0 Å². The topological polar surface area (TPSA) is 83.7 Å². The van der Waals surface area contributed by atoms with E-state index in [-0.39, 0.29) is 29.1 Å². The average molecular weight is 494 g/mol. The summed E-state index contributed by atoms with van der Waals surface area (Å²) < 4.78 is 30.0. The zero-order chi connectivity index (χ0) is 24.6. The van der Waals surface area contributed by atoms with E-state index in [1.807, 2.05) is 49.3 Å². The number of carbonyl (C=O) groups excluding carboxylic acids is 1. The molecule has 184 valence electrons. The van der Waals surface area contributed by atoms with Crippen molar-refractivity contribution in [2.45, 2.75) is 44.7 Å². The van der Waals surface area contributed by atoms with Crippen molar-refractivity contribution in [3.05, 3.63) is 70.9 Å². The number of aromatic nitrogens is 1. The van der Waals surface area contributed by atoms with Crippen LogP contribution in [0, 0.1) is 0 Å². The van der Waals surface area contributed by atoms with Crippen molar-refractivity contribution in [2.75, 3.05) is 30.5 Å². The zero-order valence-electron chi connectivity index (χ0n) is 20.2. The molecule has 5 rings (SSSR count). The molecule has 1 aromatic heterocycles. The van der Waals surface area contributed by atoms with E-state index in [1.54, 1.807) is 11.0 Å². The highest BCUT2D eigenvalue weighted by atomic mass is 32.2. The number of hydrogen-bond donors (Lipinski definition) is 0. The highest BCUT2D eigenvalue weighted by Gasteiger charge is 2.36. The van der Waals surface area contributed by atoms with E-state index in [9.17, 15) is 13.2 Å². The van der Waals surface area contributed by atoms with Crippen molar-refractivity contribution >= 4 is 21.4 Å². The number of nitrogens with zero attached hydrogens (tertiary/aromatic N) is 3. The van der Waals surface area contributed by atoms with Crippen molar-refractivity contribution in [3.63, 3.8) is 0 Å². The molecule has 35 heavy (non-hydrogen) atoms. The van der Waals surface area contributed by atoms with Crippen LogP contribution in [0.5, 0.6) is 0 Å². The van der Waals surface area contributed by atoms with Crippen LogP contribution in [-0.2, 0) is 29.2 Å². The molecule has 0 N–H and O–H groups in total. The second-order valence-corrected chi connectivity index (χ2v) is 12.0. The van der Waals surface area contributed by atoms with Gasteiger partial charge in [0.05, 0.1) is 11.5 Å². The van der Waals surface area contributed by atoms with Crippen molar-refractivity contribution in [1.29, 1.82) is 0 Å². The number of fused-ring (bicyclic) bond motifs is 1. The summed E-state index contributed by atoms with van der Waals surface area (Å²) in [7, 11) is 0.785. The molecule has 0 radical (unpaired) electrons. The summed E-state index contributed by atoms with van der Waals surface area (Å²) in [6.07, 6.45) is 4.99. The molecule has 1 atom stereocenters. The number of hydrogen-bond acceptors (Lipinski definition) is 6. The molecule has 7 nitrogen and oxygen atoms in total. The molecule has 1 aliphatic heterocycles. The quantitative estimate of drug-likeness (QED) is 0.514. The molecule has 1 fully saturated rings. The van der Waals surface area contributed by atoms with Crippen LogP contribution in [-0.4, -0.2) is 56.0 Å². The van der Waals surface area contributed by atoms with Gasteiger partial charge in [-0.1, -0.05) is 29.4 Å². The lowest BCUT2D eigenvalue weighted by Gasteiger charge is -2.27. The van der Waals surface area contributed by atoms with Gasteiger partial charge in [0.1, 0.15) is 0 Å². The summed E-state index contributed by atoms with van der Waals surface area (Å²) in [6, 6.07) is 15.5. The first kappa shape index (κ1) is 23.6. The first-order valence-corrected chi connectivity index (χ1v) is 14.0. The minimum atomic E-state index is -3.16. The Morgan fingerprint density at radius 2 is 1.77 bits per heavy atom. The van der Waals surface area contributed by atoms with Gasteiger partial charge in [-0.3, -0.25) is 4.79 Å². The van der Waals surface area contributed by atoms with Gasteiger partial charge in [-0.2, -0.15) is 0 Å². The Labute approximate surface area is 206 Å². The molecule has 8 heteroatoms. The standard InChI is InChI=1S/C27H31N3O4S/c1-29(2)23-11-7-19(8-12-23)17-30(24-13-14-35(32,33)18-24)27(31)25-16-26(34-28-25)22-10-9-20-5-3-4-6-21(20)15-22/h7-12,15-16,24H,3-6,13-14,17-18H2,1-2H3/t24-/m0/s1. The Kier molecular flexibility index (Phi) is 6.40. The summed E-state index contributed by atoms with van der Waals surface area (Å²) in [4.78, 5) is 17.3. The van der Waals surface area contributed by atoms with Gasteiger partial charge in [0.2, 0.25) is 0 Å². The Morgan fingerprint density at radius 3 is 2.46 bits per heavy atom. The Balaban J connectivity index is 1.41. The minimum absolute atomic E-state index is 0.0238. The molecule has 2 aliphatic rings. The SMILES string of the molecule is CN(C)c1ccc(CN(C(=O)c2cc(-c3ccc4c(c3)CCCC4)on2)[C@H]2CCS(=O)(=O)C2)cc1. The van der Waals surface area contributed by atoms with Crippen LogP contribution in [0.2, 0.25) is 0 Å². The van der Waals surface area contributed by atoms with E-state index in [1.165, 1.54) is 24.0 Å². The number of rotatable bonds is 6. The molecule has 0 spiro atoms. The lowest BCUT2D eigenvalue weighted by Crippen LogP contribution is -2.40. The molecule has 0 saturated carbocycles. The third-order valence-corrected chi connectivity index (χ3v) is 8.83. The van der Waals surface area contributed by atoms with E-state index in [4.69, 9.17) is 4.52 Å². The van der Waals surface area contributed by atoms with Crippen molar-refractivity contribution in [2.24, 2.45) is 0 Å². The maximum Gasteiger partial charge on any atom is 0.276 e. The number of anilines is 1. The molecule has 0 unspecified atom stereocenters. The minimum Gasteiger partial charge on any atom is -0.378 e. The van der Waals surface area contributed by atoms with Crippen LogP contribution in [0.25, 0.3) is 11.3 Å². The molecule has 3 aromatic rings. The molecular formula is C27H31N3O4S. The normalized spacial score (nSPS) is 18.7. The predicted molar refractivity (Wildman–Crippen MR) is 136 cm³/mol. The van der Waals surface area contributed by atoms with Gasteiger partial charge in [-0.25, -0.2) is 8.42 Å². The number of sulfone groups is 1. The van der Waals surface area contributed by atoms with Gasteiger partial charge in [-0.15, -0.1) is 0 Å². The highest BCUT2D eigenvalue weighted by molar-refractivity contribution is 7.91. The van der Waals surface area contributed by atoms with Crippen molar-refractivity contribution in [1.82, 2.24) is 10.1 Å². The lowest BCUT2D eigenvalue weighted by molar-refractivity contribution is 0.0670. The Bertz CT molecular complexity index is 1330. The summed E-state index contributed by atoms with van der Waals surface area (Å²) in [5, 5.41) is 4.09. The fourth-order valence-corrected chi connectivity index (χ4v) is 6.76. The van der Waals surface area contributed by atoms with Gasteiger partial charge in [0.25, 0.3) is 5.91 Å². The zero-order valence-corrected chi connectivity index (χ0v) is 21.1. The number of benzene rings is 2. The fraction of sp³-hybridized carbons (Fsp3) is 0.407. The maximum absolute atomic E-state index is 13.6. The molecule has 1 aliphatic carbocycles. The molecule has 2 aromatic carbocycles. The van der Waals surface area contributed by atoms with Crippen LogP contribution in [0.15, 0.2) is 53.1 Å². The second kappa shape index (κ2) is 9.49. The molecular weight excluding hydrogens is 462 g/mol. The number of carbonyl (C=O) groups is 1. The van der Waals surface area contributed by atoms with Crippen LogP contribution in [0.1, 0.15) is 46.4 Å². The lowest BCUT2D eigenvalue weighted by atomic mass is 9.90. The third kappa shape index (κ3) is 5.12. The average Bonchev–Trinajstić information content (AvgIpc) is 3.49. The Morgan fingerprint density at radius 1 is 1.03 bits per heavy atom. The van der Waals surface area contributed by atoms with Gasteiger partial charge < -0.3 is 14.3 Å².